The van der Waals surface area contributed by atoms with Crippen molar-refractivity contribution in [2.75, 3.05) is 20.2 Å². The first-order valence-corrected chi connectivity index (χ1v) is 5.34. The summed E-state index contributed by atoms with van der Waals surface area (Å²) in [5.74, 6) is 0.378. The molecule has 82 valence electrons. The van der Waals surface area contributed by atoms with E-state index in [0.717, 1.165) is 19.5 Å². The van der Waals surface area contributed by atoms with Gasteiger partial charge in [0.05, 0.1) is 12.1 Å². The lowest BCUT2D eigenvalue weighted by Gasteiger charge is -2.13. The van der Waals surface area contributed by atoms with Crippen LogP contribution in [0, 0.1) is 5.82 Å². The fourth-order valence-electron chi connectivity index (χ4n) is 1.97. The first kappa shape index (κ1) is 10.7. The molecule has 4 heteroatoms. The quantitative estimate of drug-likeness (QED) is 0.842. The van der Waals surface area contributed by atoms with Gasteiger partial charge < -0.3 is 10.1 Å². The molecule has 0 bridgehead atoms. The lowest BCUT2D eigenvalue weighted by molar-refractivity contribution is 0.410. The van der Waals surface area contributed by atoms with E-state index in [1.807, 2.05) is 0 Å². The van der Waals surface area contributed by atoms with Crippen molar-refractivity contribution in [1.82, 2.24) is 5.32 Å². The van der Waals surface area contributed by atoms with Crippen molar-refractivity contribution in [2.45, 2.75) is 12.3 Å². The summed E-state index contributed by atoms with van der Waals surface area (Å²) < 4.78 is 18.7. The molecule has 1 aliphatic rings. The summed E-state index contributed by atoms with van der Waals surface area (Å²) in [7, 11) is 1.50. The highest BCUT2D eigenvalue weighted by Gasteiger charge is 2.23. The zero-order valence-electron chi connectivity index (χ0n) is 8.52. The SMILES string of the molecule is COc1cc(F)c(C2CCNC2)c(Cl)c1. The summed E-state index contributed by atoms with van der Waals surface area (Å²) in [5, 5.41) is 3.66. The van der Waals surface area contributed by atoms with Gasteiger partial charge in [0.1, 0.15) is 11.6 Å². The molecule has 2 rings (SSSR count). The molecule has 1 aromatic rings. The molecule has 1 aliphatic heterocycles. The standard InChI is InChI=1S/C11H13ClFNO/c1-15-8-4-9(12)11(10(13)5-8)7-2-3-14-6-7/h4-5,7,14H,2-3,6H2,1H3. The fourth-order valence-corrected chi connectivity index (χ4v) is 2.32. The molecule has 0 spiro atoms. The van der Waals surface area contributed by atoms with Crippen molar-refractivity contribution in [3.63, 3.8) is 0 Å². The van der Waals surface area contributed by atoms with Gasteiger partial charge in [-0.25, -0.2) is 4.39 Å². The second-order valence-electron chi connectivity index (χ2n) is 3.69. The summed E-state index contributed by atoms with van der Waals surface area (Å²) in [6, 6.07) is 3.05. The predicted octanol–water partition coefficient (Wildman–Crippen LogP) is 2.56. The van der Waals surface area contributed by atoms with E-state index >= 15 is 0 Å². The van der Waals surface area contributed by atoms with Gasteiger partial charge in [-0.3, -0.25) is 0 Å². The van der Waals surface area contributed by atoms with Gasteiger partial charge in [0, 0.05) is 24.1 Å². The second kappa shape index (κ2) is 4.37. The monoisotopic (exact) mass is 229 g/mol. The maximum absolute atomic E-state index is 13.8. The number of hydrogen-bond donors (Lipinski definition) is 1. The maximum Gasteiger partial charge on any atom is 0.131 e. The maximum atomic E-state index is 13.8. The molecule has 1 saturated heterocycles. The number of benzene rings is 1. The molecule has 0 amide bonds. The third-order valence-electron chi connectivity index (χ3n) is 2.76. The molecule has 15 heavy (non-hydrogen) atoms. The van der Waals surface area contributed by atoms with Gasteiger partial charge in [-0.2, -0.15) is 0 Å². The van der Waals surface area contributed by atoms with E-state index in [1.165, 1.54) is 13.2 Å². The Bertz CT molecular complexity index is 341. The normalized spacial score (nSPS) is 20.6. The summed E-state index contributed by atoms with van der Waals surface area (Å²) in [5.41, 5.74) is 0.613. The first-order valence-electron chi connectivity index (χ1n) is 4.96. The van der Waals surface area contributed by atoms with Crippen LogP contribution in [0.5, 0.6) is 5.75 Å². The van der Waals surface area contributed by atoms with E-state index < -0.39 is 0 Å². The second-order valence-corrected chi connectivity index (χ2v) is 4.10. The van der Waals surface area contributed by atoms with E-state index in [2.05, 4.69) is 5.32 Å². The smallest absolute Gasteiger partial charge is 0.131 e. The Morgan fingerprint density at radius 2 is 2.33 bits per heavy atom. The zero-order chi connectivity index (χ0) is 10.8. The van der Waals surface area contributed by atoms with Gasteiger partial charge in [0.15, 0.2) is 0 Å². The van der Waals surface area contributed by atoms with Gasteiger partial charge in [0.25, 0.3) is 0 Å². The Kier molecular flexibility index (Phi) is 3.12. The van der Waals surface area contributed by atoms with E-state index in [9.17, 15) is 4.39 Å². The van der Waals surface area contributed by atoms with Crippen LogP contribution in [0.25, 0.3) is 0 Å². The highest BCUT2D eigenvalue weighted by molar-refractivity contribution is 6.31. The molecule has 0 aliphatic carbocycles. The van der Waals surface area contributed by atoms with Gasteiger partial charge >= 0.3 is 0 Å². The van der Waals surface area contributed by atoms with Crippen molar-refractivity contribution >= 4 is 11.6 Å². The minimum absolute atomic E-state index is 0.184. The van der Waals surface area contributed by atoms with Crippen LogP contribution in [0.4, 0.5) is 4.39 Å². The number of nitrogens with one attached hydrogen (secondary N) is 1. The van der Waals surface area contributed by atoms with E-state index in [-0.39, 0.29) is 11.7 Å². The lowest BCUT2D eigenvalue weighted by Crippen LogP contribution is -2.09. The van der Waals surface area contributed by atoms with Crippen molar-refractivity contribution < 1.29 is 9.13 Å². The van der Waals surface area contributed by atoms with Crippen molar-refractivity contribution in [3.05, 3.63) is 28.5 Å². The molecule has 0 saturated carbocycles. The molecule has 2 nitrogen and oxygen atoms in total. The summed E-state index contributed by atoms with van der Waals surface area (Å²) in [4.78, 5) is 0. The van der Waals surface area contributed by atoms with Gasteiger partial charge in [-0.05, 0) is 19.0 Å². The first-order chi connectivity index (χ1) is 7.22. The molecular formula is C11H13ClFNO. The number of rotatable bonds is 2. The third-order valence-corrected chi connectivity index (χ3v) is 3.07. The largest absolute Gasteiger partial charge is 0.497 e. The minimum Gasteiger partial charge on any atom is -0.497 e. The van der Waals surface area contributed by atoms with Crippen LogP contribution < -0.4 is 10.1 Å². The van der Waals surface area contributed by atoms with Crippen molar-refractivity contribution in [1.29, 1.82) is 0 Å². The van der Waals surface area contributed by atoms with Crippen LogP contribution in [0.15, 0.2) is 12.1 Å². The van der Waals surface area contributed by atoms with Crippen LogP contribution in [0.3, 0.4) is 0 Å². The molecule has 1 aromatic carbocycles. The van der Waals surface area contributed by atoms with Crippen LogP contribution in [0.2, 0.25) is 5.02 Å². The third kappa shape index (κ3) is 2.08. The Labute approximate surface area is 93.4 Å². The zero-order valence-corrected chi connectivity index (χ0v) is 9.27. The average Bonchev–Trinajstić information content (AvgIpc) is 2.69. The topological polar surface area (TPSA) is 21.3 Å². The van der Waals surface area contributed by atoms with Gasteiger partial charge in [-0.1, -0.05) is 11.6 Å². The lowest BCUT2D eigenvalue weighted by atomic mass is 9.97. The predicted molar refractivity (Wildman–Crippen MR) is 58.2 cm³/mol. The number of hydrogen-bond acceptors (Lipinski definition) is 2. The molecule has 1 fully saturated rings. The molecule has 1 atom stereocenters. The Morgan fingerprint density at radius 3 is 2.87 bits per heavy atom. The molecular weight excluding hydrogens is 217 g/mol. The summed E-state index contributed by atoms with van der Waals surface area (Å²) in [6.07, 6.45) is 0.934. The Morgan fingerprint density at radius 1 is 1.53 bits per heavy atom. The Hall–Kier alpha value is -0.800. The minimum atomic E-state index is -0.270. The number of methoxy groups -OCH3 is 1. The molecule has 0 aromatic heterocycles. The van der Waals surface area contributed by atoms with Crippen LogP contribution in [-0.4, -0.2) is 20.2 Å². The van der Waals surface area contributed by atoms with Crippen molar-refractivity contribution in [2.24, 2.45) is 0 Å². The van der Waals surface area contributed by atoms with Crippen LogP contribution >= 0.6 is 11.6 Å². The highest BCUT2D eigenvalue weighted by atomic mass is 35.5. The molecule has 1 N–H and O–H groups in total. The number of halogens is 2. The van der Waals surface area contributed by atoms with Crippen LogP contribution in [-0.2, 0) is 0 Å². The van der Waals surface area contributed by atoms with E-state index in [0.29, 0.717) is 16.3 Å². The molecule has 1 unspecified atom stereocenters. The number of ether oxygens (including phenoxy) is 1. The molecule has 1 heterocycles. The average molecular weight is 230 g/mol. The van der Waals surface area contributed by atoms with E-state index in [1.54, 1.807) is 6.07 Å². The summed E-state index contributed by atoms with van der Waals surface area (Å²) in [6.45, 7) is 1.72. The Balaban J connectivity index is 2.37. The van der Waals surface area contributed by atoms with Gasteiger partial charge in [-0.15, -0.1) is 0 Å². The van der Waals surface area contributed by atoms with Gasteiger partial charge in [0.2, 0.25) is 0 Å². The fraction of sp³-hybridized carbons (Fsp3) is 0.455. The van der Waals surface area contributed by atoms with Crippen molar-refractivity contribution in [3.8, 4) is 5.75 Å². The van der Waals surface area contributed by atoms with Crippen LogP contribution in [0.1, 0.15) is 17.9 Å². The highest BCUT2D eigenvalue weighted by Crippen LogP contribution is 2.34. The van der Waals surface area contributed by atoms with E-state index in [4.69, 9.17) is 16.3 Å². The summed E-state index contributed by atoms with van der Waals surface area (Å²) >= 11 is 6.05. The molecule has 0 radical (unpaired) electrons.